The van der Waals surface area contributed by atoms with Crippen LogP contribution in [-0.2, 0) is 6.54 Å². The molecule has 216 valence electrons. The number of ether oxygens (including phenoxy) is 2. The second-order valence-electron chi connectivity index (χ2n) is 10.6. The molecule has 2 aromatic heterocycles. The Morgan fingerprint density at radius 3 is 2.40 bits per heavy atom. The quantitative estimate of drug-likeness (QED) is 0.346. The number of aryl methyl sites for hydroxylation is 1. The fourth-order valence-corrected chi connectivity index (χ4v) is 5.46. The van der Waals surface area contributed by atoms with Gasteiger partial charge < -0.3 is 25.4 Å². The minimum absolute atomic E-state index is 0.277. The van der Waals surface area contributed by atoms with Gasteiger partial charge in [-0.1, -0.05) is 6.92 Å². The van der Waals surface area contributed by atoms with Crippen LogP contribution in [0.25, 0.3) is 22.0 Å². The van der Waals surface area contributed by atoms with Crippen LogP contribution in [0.1, 0.15) is 39.0 Å². The van der Waals surface area contributed by atoms with Crippen molar-refractivity contribution in [3.05, 3.63) is 77.2 Å². The number of benzene rings is 2. The van der Waals surface area contributed by atoms with Crippen LogP contribution >= 0.6 is 0 Å². The van der Waals surface area contributed by atoms with Crippen LogP contribution in [0.5, 0.6) is 11.5 Å². The molecule has 0 aliphatic carbocycles. The summed E-state index contributed by atoms with van der Waals surface area (Å²) in [5.41, 5.74) is 11.3. The number of nitrogens with zero attached hydrogens (tertiary/aromatic N) is 4. The van der Waals surface area contributed by atoms with E-state index < -0.39 is 5.91 Å². The van der Waals surface area contributed by atoms with Crippen molar-refractivity contribution in [2.24, 2.45) is 5.73 Å². The van der Waals surface area contributed by atoms with Crippen molar-refractivity contribution in [2.45, 2.75) is 20.4 Å². The number of hydrogen-bond acceptors (Lipinski definition) is 8. The summed E-state index contributed by atoms with van der Waals surface area (Å²) in [7, 11) is 0. The molecule has 1 saturated heterocycles. The maximum Gasteiger partial charge on any atom is 0.255 e. The number of rotatable bonds is 7. The topological polar surface area (TPSA) is 123 Å². The van der Waals surface area contributed by atoms with E-state index in [1.165, 1.54) is 0 Å². The molecule has 0 unspecified atom stereocenters. The lowest BCUT2D eigenvalue weighted by atomic mass is 9.98. The predicted octanol–water partition coefficient (Wildman–Crippen LogP) is 3.87. The molecule has 4 heterocycles. The molecule has 0 bridgehead atoms. The molecule has 2 aliphatic heterocycles. The van der Waals surface area contributed by atoms with Gasteiger partial charge in [-0.25, -0.2) is 0 Å². The predicted molar refractivity (Wildman–Crippen MR) is 161 cm³/mol. The highest BCUT2D eigenvalue weighted by Crippen LogP contribution is 2.33. The average molecular weight is 567 g/mol. The first-order chi connectivity index (χ1) is 20.4. The first kappa shape index (κ1) is 27.6. The number of hydrogen-bond donors (Lipinski definition) is 2. The maximum absolute atomic E-state index is 13.2. The molecule has 0 atom stereocenters. The van der Waals surface area contributed by atoms with E-state index in [0.29, 0.717) is 48.1 Å². The number of nitrogens with two attached hydrogens (primary N) is 1. The summed E-state index contributed by atoms with van der Waals surface area (Å²) in [6, 6.07) is 14.4. The Balaban J connectivity index is 1.35. The van der Waals surface area contributed by atoms with Gasteiger partial charge in [-0.15, -0.1) is 0 Å². The molecule has 0 saturated carbocycles. The van der Waals surface area contributed by atoms with Gasteiger partial charge in [-0.05, 0) is 62.0 Å². The number of nitrogens with one attached hydrogen (secondary N) is 1. The van der Waals surface area contributed by atoms with Crippen LogP contribution in [0.2, 0.25) is 0 Å². The highest BCUT2D eigenvalue weighted by molar-refractivity contribution is 6.05. The van der Waals surface area contributed by atoms with E-state index >= 15 is 0 Å². The number of pyridine rings is 2. The Kier molecular flexibility index (Phi) is 7.73. The lowest BCUT2D eigenvalue weighted by Crippen LogP contribution is -2.45. The number of anilines is 1. The Hall–Kier alpha value is -4.54. The standard InChI is InChI=1S/C32H34N6O4/c1-3-37-8-10-38(11-9-37)19-28-26(15-23-14-21(31(33)39)4-6-27(23)36-28)25-17-24(18-34-20(25)2)35-32(40)22-5-7-29-30(16-22)42-13-12-41-29/h4-7,14-18H,3,8-13,19H2,1-2H3,(H2,33,39)(H,35,40). The van der Waals surface area contributed by atoms with E-state index in [1.54, 1.807) is 36.5 Å². The van der Waals surface area contributed by atoms with Gasteiger partial charge in [0.15, 0.2) is 11.5 Å². The summed E-state index contributed by atoms with van der Waals surface area (Å²) in [5.74, 6) is 0.418. The van der Waals surface area contributed by atoms with Crippen LogP contribution in [0, 0.1) is 6.92 Å². The molecule has 2 aromatic carbocycles. The fraction of sp³-hybridized carbons (Fsp3) is 0.312. The number of fused-ring (bicyclic) bond motifs is 2. The first-order valence-corrected chi connectivity index (χ1v) is 14.2. The molecule has 6 rings (SSSR count). The van der Waals surface area contributed by atoms with Gasteiger partial charge in [0, 0.05) is 66.1 Å². The van der Waals surface area contributed by atoms with E-state index in [0.717, 1.165) is 66.1 Å². The lowest BCUT2D eigenvalue weighted by Gasteiger charge is -2.34. The minimum Gasteiger partial charge on any atom is -0.486 e. The monoisotopic (exact) mass is 566 g/mol. The molecule has 2 aliphatic rings. The molecule has 1 fully saturated rings. The third-order valence-corrected chi connectivity index (χ3v) is 7.90. The first-order valence-electron chi connectivity index (χ1n) is 14.2. The number of carbonyl (C=O) groups is 2. The number of primary amides is 1. The van der Waals surface area contributed by atoms with Crippen molar-refractivity contribution < 1.29 is 19.1 Å². The van der Waals surface area contributed by atoms with Gasteiger partial charge in [-0.3, -0.25) is 24.5 Å². The highest BCUT2D eigenvalue weighted by atomic mass is 16.6. The number of likely N-dealkylation sites (N-methyl/N-ethyl adjacent to an activating group) is 1. The van der Waals surface area contributed by atoms with E-state index in [2.05, 4.69) is 27.0 Å². The number of piperazine rings is 1. The number of amides is 2. The molecule has 42 heavy (non-hydrogen) atoms. The highest BCUT2D eigenvalue weighted by Gasteiger charge is 2.21. The van der Waals surface area contributed by atoms with Crippen LogP contribution in [0.15, 0.2) is 54.7 Å². The molecule has 3 N–H and O–H groups in total. The Morgan fingerprint density at radius 1 is 0.905 bits per heavy atom. The molecule has 0 spiro atoms. The normalized spacial score (nSPS) is 15.5. The molecule has 4 aromatic rings. The largest absolute Gasteiger partial charge is 0.486 e. The SMILES string of the molecule is CCN1CCN(Cc2nc3ccc(C(N)=O)cc3cc2-c2cc(NC(=O)c3ccc4c(c3)OCCO4)cnc2C)CC1. The van der Waals surface area contributed by atoms with Crippen molar-refractivity contribution >= 4 is 28.4 Å². The molecule has 2 amide bonds. The van der Waals surface area contributed by atoms with Crippen molar-refractivity contribution in [1.82, 2.24) is 19.8 Å². The Morgan fingerprint density at radius 2 is 1.64 bits per heavy atom. The van der Waals surface area contributed by atoms with Gasteiger partial charge in [-0.2, -0.15) is 0 Å². The zero-order chi connectivity index (χ0) is 29.2. The third kappa shape index (κ3) is 5.77. The summed E-state index contributed by atoms with van der Waals surface area (Å²) in [6.45, 7) is 10.7. The second-order valence-corrected chi connectivity index (χ2v) is 10.6. The summed E-state index contributed by atoms with van der Waals surface area (Å²) < 4.78 is 11.2. The van der Waals surface area contributed by atoms with Gasteiger partial charge in [0.1, 0.15) is 13.2 Å². The average Bonchev–Trinajstić information content (AvgIpc) is 3.01. The van der Waals surface area contributed by atoms with Crippen LogP contribution < -0.4 is 20.5 Å². The maximum atomic E-state index is 13.2. The zero-order valence-corrected chi connectivity index (χ0v) is 23.9. The summed E-state index contributed by atoms with van der Waals surface area (Å²) >= 11 is 0. The summed E-state index contributed by atoms with van der Waals surface area (Å²) in [4.78, 5) is 39.6. The van der Waals surface area contributed by atoms with Crippen LogP contribution in [0.3, 0.4) is 0 Å². The second kappa shape index (κ2) is 11.8. The van der Waals surface area contributed by atoms with E-state index in [9.17, 15) is 9.59 Å². The summed E-state index contributed by atoms with van der Waals surface area (Å²) in [6.07, 6.45) is 1.65. The zero-order valence-electron chi connectivity index (χ0n) is 23.9. The van der Waals surface area contributed by atoms with Gasteiger partial charge in [0.25, 0.3) is 5.91 Å². The molecular weight excluding hydrogens is 532 g/mol. The molecule has 0 radical (unpaired) electrons. The van der Waals surface area contributed by atoms with Crippen molar-refractivity contribution in [3.8, 4) is 22.6 Å². The number of aromatic nitrogens is 2. The smallest absolute Gasteiger partial charge is 0.255 e. The van der Waals surface area contributed by atoms with Gasteiger partial charge in [0.05, 0.1) is 23.1 Å². The van der Waals surface area contributed by atoms with Gasteiger partial charge >= 0.3 is 0 Å². The molecule has 10 heteroatoms. The Bertz CT molecular complexity index is 1660. The molecular formula is C32H34N6O4. The van der Waals surface area contributed by atoms with E-state index in [4.69, 9.17) is 20.2 Å². The van der Waals surface area contributed by atoms with E-state index in [1.807, 2.05) is 25.1 Å². The minimum atomic E-state index is -0.488. The van der Waals surface area contributed by atoms with Crippen LogP contribution in [-0.4, -0.2) is 77.5 Å². The van der Waals surface area contributed by atoms with Crippen LogP contribution in [0.4, 0.5) is 5.69 Å². The van der Waals surface area contributed by atoms with Gasteiger partial charge in [0.2, 0.25) is 5.91 Å². The van der Waals surface area contributed by atoms with Crippen molar-refractivity contribution in [1.29, 1.82) is 0 Å². The molecule has 10 nitrogen and oxygen atoms in total. The van der Waals surface area contributed by atoms with E-state index in [-0.39, 0.29) is 5.91 Å². The number of carbonyl (C=O) groups excluding carboxylic acids is 2. The third-order valence-electron chi connectivity index (χ3n) is 7.90. The van der Waals surface area contributed by atoms with Crippen molar-refractivity contribution in [2.75, 3.05) is 51.3 Å². The fourth-order valence-electron chi connectivity index (χ4n) is 5.46. The Labute approximate surface area is 244 Å². The van der Waals surface area contributed by atoms with Crippen molar-refractivity contribution in [3.63, 3.8) is 0 Å². The lowest BCUT2D eigenvalue weighted by molar-refractivity contribution is 0.0997. The summed E-state index contributed by atoms with van der Waals surface area (Å²) in [5, 5.41) is 3.79.